The van der Waals surface area contributed by atoms with Gasteiger partial charge in [0.05, 0.1) is 26.7 Å². The Labute approximate surface area is 228 Å². The zero-order valence-electron chi connectivity index (χ0n) is 21.0. The molecule has 1 aliphatic rings. The van der Waals surface area contributed by atoms with Gasteiger partial charge in [0.1, 0.15) is 17.9 Å². The second-order valence-electron chi connectivity index (χ2n) is 9.28. The van der Waals surface area contributed by atoms with Crippen molar-refractivity contribution in [3.63, 3.8) is 0 Å². The number of fused-ring (bicyclic) bond motifs is 1. The van der Waals surface area contributed by atoms with Crippen molar-refractivity contribution in [3.8, 4) is 5.75 Å². The maximum Gasteiger partial charge on any atom is 0.264 e. The Morgan fingerprint density at radius 2 is 1.70 bits per heavy atom. The molecule has 1 unspecified atom stereocenters. The van der Waals surface area contributed by atoms with Crippen LogP contribution < -0.4 is 14.4 Å². The van der Waals surface area contributed by atoms with Gasteiger partial charge in [0.15, 0.2) is 0 Å². The van der Waals surface area contributed by atoms with Crippen molar-refractivity contribution in [1.29, 1.82) is 0 Å². The SMILES string of the molecule is CCC1(CC)CC(NC(=O)CN(c2ccc(Cl)c(Cl)c2)S(=O)(=O)c2ccc(C)cc2)c2ccccc2O1. The summed E-state index contributed by atoms with van der Waals surface area (Å²) in [6, 6.07) is 18.3. The molecule has 3 aromatic rings. The van der Waals surface area contributed by atoms with Crippen LogP contribution in [0, 0.1) is 6.92 Å². The summed E-state index contributed by atoms with van der Waals surface area (Å²) >= 11 is 12.3. The van der Waals surface area contributed by atoms with E-state index in [1.807, 2.05) is 31.2 Å². The fourth-order valence-corrected chi connectivity index (χ4v) is 6.30. The lowest BCUT2D eigenvalue weighted by atomic mass is 9.83. The van der Waals surface area contributed by atoms with Crippen LogP contribution in [0.5, 0.6) is 5.75 Å². The number of aryl methyl sites for hydroxylation is 1. The first kappa shape index (κ1) is 27.3. The quantitative estimate of drug-likeness (QED) is 0.332. The second-order valence-corrected chi connectivity index (χ2v) is 12.0. The lowest BCUT2D eigenvalue weighted by Crippen LogP contribution is -2.47. The Hall–Kier alpha value is -2.74. The topological polar surface area (TPSA) is 75.7 Å². The molecule has 0 aromatic heterocycles. The second kappa shape index (κ2) is 10.9. The number of nitrogens with zero attached hydrogens (tertiary/aromatic N) is 1. The number of halogens is 2. The maximum atomic E-state index is 13.7. The Kier molecular flexibility index (Phi) is 8.07. The third-order valence-electron chi connectivity index (χ3n) is 6.91. The highest BCUT2D eigenvalue weighted by Gasteiger charge is 2.39. The van der Waals surface area contributed by atoms with Crippen molar-refractivity contribution >= 4 is 44.8 Å². The van der Waals surface area contributed by atoms with Crippen LogP contribution in [0.15, 0.2) is 71.6 Å². The molecule has 6 nitrogen and oxygen atoms in total. The fraction of sp³-hybridized carbons (Fsp3) is 0.321. The molecule has 1 heterocycles. The van der Waals surface area contributed by atoms with E-state index in [0.717, 1.165) is 34.0 Å². The molecule has 1 amide bonds. The molecule has 0 fully saturated rings. The predicted molar refractivity (Wildman–Crippen MR) is 148 cm³/mol. The van der Waals surface area contributed by atoms with E-state index in [2.05, 4.69) is 19.2 Å². The minimum Gasteiger partial charge on any atom is -0.487 e. The Bertz CT molecular complexity index is 1390. The highest BCUT2D eigenvalue weighted by molar-refractivity contribution is 7.92. The summed E-state index contributed by atoms with van der Waals surface area (Å²) in [5.74, 6) is 0.293. The van der Waals surface area contributed by atoms with E-state index in [-0.39, 0.29) is 26.7 Å². The van der Waals surface area contributed by atoms with Gasteiger partial charge in [-0.15, -0.1) is 0 Å². The highest BCUT2D eigenvalue weighted by Crippen LogP contribution is 2.42. The molecule has 3 aromatic carbocycles. The van der Waals surface area contributed by atoms with Gasteiger partial charge in [-0.05, 0) is 56.2 Å². The molecule has 37 heavy (non-hydrogen) atoms. The largest absolute Gasteiger partial charge is 0.487 e. The Balaban J connectivity index is 1.67. The summed E-state index contributed by atoms with van der Waals surface area (Å²) in [6.07, 6.45) is 2.14. The number of sulfonamides is 1. The summed E-state index contributed by atoms with van der Waals surface area (Å²) in [5.41, 5.74) is 1.63. The van der Waals surface area contributed by atoms with Gasteiger partial charge in [-0.25, -0.2) is 8.42 Å². The van der Waals surface area contributed by atoms with E-state index in [1.54, 1.807) is 12.1 Å². The number of rotatable bonds is 8. The molecule has 1 aliphatic heterocycles. The summed E-state index contributed by atoms with van der Waals surface area (Å²) in [7, 11) is -4.08. The molecular weight excluding hydrogens is 531 g/mol. The van der Waals surface area contributed by atoms with Crippen LogP contribution in [-0.4, -0.2) is 26.5 Å². The van der Waals surface area contributed by atoms with Gasteiger partial charge in [-0.2, -0.15) is 0 Å². The Morgan fingerprint density at radius 3 is 2.35 bits per heavy atom. The third kappa shape index (κ3) is 5.74. The smallest absolute Gasteiger partial charge is 0.264 e. The van der Waals surface area contributed by atoms with Crippen LogP contribution in [0.1, 0.15) is 50.3 Å². The molecule has 0 radical (unpaired) electrons. The zero-order valence-corrected chi connectivity index (χ0v) is 23.3. The van der Waals surface area contributed by atoms with Crippen molar-refractivity contribution in [2.24, 2.45) is 0 Å². The number of benzene rings is 3. The number of hydrogen-bond acceptors (Lipinski definition) is 4. The van der Waals surface area contributed by atoms with Gasteiger partial charge in [0.2, 0.25) is 5.91 Å². The van der Waals surface area contributed by atoms with Crippen molar-refractivity contribution < 1.29 is 17.9 Å². The molecule has 0 saturated carbocycles. The number of amides is 1. The number of carbonyl (C=O) groups is 1. The van der Waals surface area contributed by atoms with Gasteiger partial charge < -0.3 is 10.1 Å². The normalized spacial score (nSPS) is 16.4. The number of ether oxygens (including phenoxy) is 1. The van der Waals surface area contributed by atoms with Crippen LogP contribution in [0.3, 0.4) is 0 Å². The van der Waals surface area contributed by atoms with Gasteiger partial charge in [0, 0.05) is 12.0 Å². The molecule has 0 spiro atoms. The van der Waals surface area contributed by atoms with Crippen molar-refractivity contribution in [2.45, 2.75) is 56.6 Å². The third-order valence-corrected chi connectivity index (χ3v) is 9.44. The number of carbonyl (C=O) groups excluding carboxylic acids is 1. The van der Waals surface area contributed by atoms with Crippen molar-refractivity contribution in [2.75, 3.05) is 10.8 Å². The molecule has 0 aliphatic carbocycles. The molecule has 9 heteroatoms. The van der Waals surface area contributed by atoms with Crippen molar-refractivity contribution in [3.05, 3.63) is 87.9 Å². The van der Waals surface area contributed by atoms with Crippen LogP contribution in [-0.2, 0) is 14.8 Å². The van der Waals surface area contributed by atoms with Crippen LogP contribution in [0.2, 0.25) is 10.0 Å². The number of anilines is 1. The van der Waals surface area contributed by atoms with Crippen LogP contribution >= 0.6 is 23.2 Å². The van der Waals surface area contributed by atoms with E-state index in [0.29, 0.717) is 6.42 Å². The van der Waals surface area contributed by atoms with Gasteiger partial charge in [-0.1, -0.05) is 72.9 Å². The molecule has 0 saturated heterocycles. The Morgan fingerprint density at radius 1 is 1.03 bits per heavy atom. The standard InChI is InChI=1S/C28H30Cl2N2O4S/c1-4-28(5-2)17-25(22-8-6-7-9-26(22)36-28)31-27(33)18-32(20-12-15-23(29)24(30)16-20)37(34,35)21-13-10-19(3)11-14-21/h6-16,25H,4-5,17-18H2,1-3H3,(H,31,33). The van der Waals surface area contributed by atoms with Crippen molar-refractivity contribution in [1.82, 2.24) is 5.32 Å². The number of para-hydroxylation sites is 1. The summed E-state index contributed by atoms with van der Waals surface area (Å²) in [4.78, 5) is 13.5. The minimum atomic E-state index is -4.08. The first-order valence-electron chi connectivity index (χ1n) is 12.2. The number of hydrogen-bond donors (Lipinski definition) is 1. The molecule has 4 rings (SSSR count). The molecule has 1 atom stereocenters. The van der Waals surface area contributed by atoms with E-state index < -0.39 is 28.1 Å². The van der Waals surface area contributed by atoms with Gasteiger partial charge >= 0.3 is 0 Å². The summed E-state index contributed by atoms with van der Waals surface area (Å²) in [5, 5.41) is 3.55. The summed E-state index contributed by atoms with van der Waals surface area (Å²) in [6.45, 7) is 5.57. The lowest BCUT2D eigenvalue weighted by molar-refractivity contribution is -0.121. The van der Waals surface area contributed by atoms with E-state index in [9.17, 15) is 13.2 Å². The van der Waals surface area contributed by atoms with Gasteiger partial charge in [0.25, 0.3) is 10.0 Å². The fourth-order valence-electron chi connectivity index (χ4n) is 4.59. The molecular formula is C28H30Cl2N2O4S. The monoisotopic (exact) mass is 560 g/mol. The first-order valence-corrected chi connectivity index (χ1v) is 14.4. The van der Waals surface area contributed by atoms with E-state index in [1.165, 1.54) is 30.3 Å². The van der Waals surface area contributed by atoms with E-state index >= 15 is 0 Å². The van der Waals surface area contributed by atoms with E-state index in [4.69, 9.17) is 27.9 Å². The van der Waals surface area contributed by atoms with Crippen LogP contribution in [0.4, 0.5) is 5.69 Å². The minimum absolute atomic E-state index is 0.0735. The predicted octanol–water partition coefficient (Wildman–Crippen LogP) is 6.70. The lowest BCUT2D eigenvalue weighted by Gasteiger charge is -2.41. The van der Waals surface area contributed by atoms with Crippen LogP contribution in [0.25, 0.3) is 0 Å². The molecule has 1 N–H and O–H groups in total. The maximum absolute atomic E-state index is 13.7. The zero-order chi connectivity index (χ0) is 26.8. The number of nitrogens with one attached hydrogen (secondary N) is 1. The average Bonchev–Trinajstić information content (AvgIpc) is 2.89. The highest BCUT2D eigenvalue weighted by atomic mass is 35.5. The molecule has 196 valence electrons. The van der Waals surface area contributed by atoms with Gasteiger partial charge in [-0.3, -0.25) is 9.10 Å². The molecule has 0 bridgehead atoms. The average molecular weight is 562 g/mol. The summed E-state index contributed by atoms with van der Waals surface area (Å²) < 4.78 is 34.8. The first-order chi connectivity index (χ1) is 17.6.